The second-order valence-electron chi connectivity index (χ2n) is 0.934. The lowest BCUT2D eigenvalue weighted by Crippen LogP contribution is -1.58. The molecular formula is C5H5NS. The van der Waals surface area contributed by atoms with Gasteiger partial charge in [0.1, 0.15) is 0 Å². The maximum absolute atomic E-state index is 7.91. The van der Waals surface area contributed by atoms with E-state index in [-0.39, 0.29) is 0 Å². The molecule has 0 atom stereocenters. The predicted octanol–water partition coefficient (Wildman–Crippen LogP) is 1.46. The Labute approximate surface area is 48.3 Å². The summed E-state index contributed by atoms with van der Waals surface area (Å²) in [6.07, 6.45) is 3.85. The van der Waals surface area contributed by atoms with Gasteiger partial charge in [-0.3, -0.25) is 0 Å². The Bertz CT molecular complexity index is 110. The summed E-state index contributed by atoms with van der Waals surface area (Å²) >= 11 is 4.48. The molecule has 0 bridgehead atoms. The molecule has 0 heterocycles. The van der Waals surface area contributed by atoms with Crippen molar-refractivity contribution in [3.05, 3.63) is 12.2 Å². The van der Waals surface area contributed by atoms with Gasteiger partial charge in [0, 0.05) is 6.08 Å². The second kappa shape index (κ2) is 5.32. The van der Waals surface area contributed by atoms with Gasteiger partial charge in [0.25, 0.3) is 0 Å². The summed E-state index contributed by atoms with van der Waals surface area (Å²) in [6, 6.07) is 1.86. The number of hydrogen-bond donors (Lipinski definition) is 0. The van der Waals surface area contributed by atoms with Crippen LogP contribution in [0.2, 0.25) is 0 Å². The minimum Gasteiger partial charge on any atom is -0.193 e. The molecule has 0 aliphatic carbocycles. The Balaban J connectivity index is 3.14. The molecule has 0 N–H and O–H groups in total. The van der Waals surface area contributed by atoms with Crippen molar-refractivity contribution in [2.75, 3.05) is 0 Å². The molecule has 0 spiro atoms. The SMILES string of the molecule is N#C/C=C\CC=S. The Hall–Kier alpha value is -0.680. The summed E-state index contributed by atoms with van der Waals surface area (Å²) in [5.74, 6) is 0. The van der Waals surface area contributed by atoms with Crippen molar-refractivity contribution in [1.82, 2.24) is 0 Å². The molecule has 0 aliphatic heterocycles. The van der Waals surface area contributed by atoms with E-state index in [9.17, 15) is 0 Å². The van der Waals surface area contributed by atoms with Crippen LogP contribution in [0.3, 0.4) is 0 Å². The lowest BCUT2D eigenvalue weighted by Gasteiger charge is -1.66. The third-order valence-electron chi connectivity index (χ3n) is 0.425. The summed E-state index contributed by atoms with van der Waals surface area (Å²) in [6.45, 7) is 0. The number of nitriles is 1. The zero-order chi connectivity index (χ0) is 5.54. The van der Waals surface area contributed by atoms with Crippen LogP contribution in [0.25, 0.3) is 0 Å². The number of thiocarbonyl (C=S) groups is 1. The van der Waals surface area contributed by atoms with Crippen molar-refractivity contribution in [3.8, 4) is 6.07 Å². The van der Waals surface area contributed by atoms with Gasteiger partial charge in [-0.05, 0) is 11.8 Å². The quantitative estimate of drug-likeness (QED) is 0.398. The van der Waals surface area contributed by atoms with Crippen LogP contribution < -0.4 is 0 Å². The van der Waals surface area contributed by atoms with E-state index in [1.807, 2.05) is 6.07 Å². The summed E-state index contributed by atoms with van der Waals surface area (Å²) in [7, 11) is 0. The molecule has 0 radical (unpaired) electrons. The highest BCUT2D eigenvalue weighted by Crippen LogP contribution is 1.74. The van der Waals surface area contributed by atoms with E-state index in [0.717, 1.165) is 0 Å². The first-order valence-corrected chi connectivity index (χ1v) is 2.37. The molecule has 0 rings (SSSR count). The van der Waals surface area contributed by atoms with Gasteiger partial charge in [0.15, 0.2) is 0 Å². The summed E-state index contributed by atoms with van der Waals surface area (Å²) in [5, 5.41) is 9.49. The maximum atomic E-state index is 7.91. The smallest absolute Gasteiger partial charge is 0.0908 e. The van der Waals surface area contributed by atoms with Crippen LogP contribution in [-0.4, -0.2) is 5.37 Å². The predicted molar refractivity (Wildman–Crippen MR) is 33.0 cm³/mol. The molecule has 0 aromatic heterocycles. The largest absolute Gasteiger partial charge is 0.193 e. The molecule has 0 aromatic rings. The van der Waals surface area contributed by atoms with Gasteiger partial charge in [-0.15, -0.1) is 0 Å². The zero-order valence-corrected chi connectivity index (χ0v) is 4.61. The Kier molecular flexibility index (Phi) is 4.80. The van der Waals surface area contributed by atoms with E-state index in [4.69, 9.17) is 5.26 Å². The van der Waals surface area contributed by atoms with Crippen molar-refractivity contribution in [2.24, 2.45) is 0 Å². The van der Waals surface area contributed by atoms with Crippen molar-refractivity contribution in [2.45, 2.75) is 6.42 Å². The fraction of sp³-hybridized carbons (Fsp3) is 0.200. The number of rotatable bonds is 2. The third-order valence-corrected chi connectivity index (χ3v) is 0.617. The van der Waals surface area contributed by atoms with Crippen molar-refractivity contribution in [1.29, 1.82) is 5.26 Å². The van der Waals surface area contributed by atoms with Gasteiger partial charge in [-0.1, -0.05) is 18.3 Å². The Morgan fingerprint density at radius 1 is 1.71 bits per heavy atom. The van der Waals surface area contributed by atoms with Gasteiger partial charge in [-0.2, -0.15) is 5.26 Å². The monoisotopic (exact) mass is 111 g/mol. The molecule has 0 aromatic carbocycles. The first kappa shape index (κ1) is 6.32. The first-order valence-electron chi connectivity index (χ1n) is 1.90. The summed E-state index contributed by atoms with van der Waals surface area (Å²) < 4.78 is 0. The molecule has 36 valence electrons. The number of hydrogen-bond acceptors (Lipinski definition) is 2. The topological polar surface area (TPSA) is 23.8 Å². The lowest BCUT2D eigenvalue weighted by molar-refractivity contribution is 1.51. The molecule has 0 fully saturated rings. The fourth-order valence-electron chi connectivity index (χ4n) is 0.176. The summed E-state index contributed by atoms with van der Waals surface area (Å²) in [4.78, 5) is 0. The maximum Gasteiger partial charge on any atom is 0.0908 e. The van der Waals surface area contributed by atoms with Gasteiger partial charge < -0.3 is 0 Å². The molecule has 1 nitrogen and oxygen atoms in total. The van der Waals surface area contributed by atoms with Crippen molar-refractivity contribution in [3.63, 3.8) is 0 Å². The molecule has 0 saturated carbocycles. The average Bonchev–Trinajstić information content (AvgIpc) is 1.69. The number of nitrogens with zero attached hydrogens (tertiary/aromatic N) is 1. The highest BCUT2D eigenvalue weighted by molar-refractivity contribution is 7.78. The molecule has 0 saturated heterocycles. The van der Waals surface area contributed by atoms with Gasteiger partial charge in [0.2, 0.25) is 0 Å². The van der Waals surface area contributed by atoms with Crippen LogP contribution in [0.4, 0.5) is 0 Å². The van der Waals surface area contributed by atoms with Crippen LogP contribution in [0.1, 0.15) is 6.42 Å². The van der Waals surface area contributed by atoms with E-state index in [1.165, 1.54) is 6.08 Å². The lowest BCUT2D eigenvalue weighted by atomic mass is 10.4. The molecule has 2 heteroatoms. The third kappa shape index (κ3) is 5.32. The molecule has 7 heavy (non-hydrogen) atoms. The standard InChI is InChI=1S/C5H5NS/c6-4-2-1-3-5-7/h1-2,5H,3H2/b2-1-. The van der Waals surface area contributed by atoms with Crippen LogP contribution in [0.15, 0.2) is 12.2 Å². The van der Waals surface area contributed by atoms with Gasteiger partial charge in [0.05, 0.1) is 6.07 Å². The second-order valence-corrected chi connectivity index (χ2v) is 1.27. The molecule has 0 unspecified atom stereocenters. The zero-order valence-electron chi connectivity index (χ0n) is 3.79. The fourth-order valence-corrected chi connectivity index (χ4v) is 0.287. The van der Waals surface area contributed by atoms with Crippen LogP contribution in [0, 0.1) is 11.3 Å². The van der Waals surface area contributed by atoms with Crippen molar-refractivity contribution < 1.29 is 0 Å². The van der Waals surface area contributed by atoms with Crippen molar-refractivity contribution >= 4 is 17.6 Å². The number of allylic oxidation sites excluding steroid dienone is 2. The normalized spacial score (nSPS) is 8.43. The van der Waals surface area contributed by atoms with E-state index < -0.39 is 0 Å². The Morgan fingerprint density at radius 2 is 2.43 bits per heavy atom. The van der Waals surface area contributed by atoms with Crippen LogP contribution in [-0.2, 0) is 0 Å². The first-order chi connectivity index (χ1) is 3.41. The minimum atomic E-state index is 0.711. The molecule has 0 aliphatic rings. The molecule has 0 amide bonds. The minimum absolute atomic E-state index is 0.711. The van der Waals surface area contributed by atoms with Gasteiger partial charge >= 0.3 is 0 Å². The molecular weight excluding hydrogens is 106 g/mol. The van der Waals surface area contributed by atoms with E-state index in [0.29, 0.717) is 6.42 Å². The van der Waals surface area contributed by atoms with Gasteiger partial charge in [-0.25, -0.2) is 0 Å². The summed E-state index contributed by atoms with van der Waals surface area (Å²) in [5.41, 5.74) is 0. The average molecular weight is 111 g/mol. The highest BCUT2D eigenvalue weighted by atomic mass is 32.1. The highest BCUT2D eigenvalue weighted by Gasteiger charge is 1.63. The van der Waals surface area contributed by atoms with Crippen LogP contribution >= 0.6 is 12.2 Å². The Morgan fingerprint density at radius 3 is 2.86 bits per heavy atom. The van der Waals surface area contributed by atoms with Crippen LogP contribution in [0.5, 0.6) is 0 Å². The van der Waals surface area contributed by atoms with E-state index in [1.54, 1.807) is 11.4 Å². The van der Waals surface area contributed by atoms with E-state index >= 15 is 0 Å². The van der Waals surface area contributed by atoms with E-state index in [2.05, 4.69) is 12.2 Å².